The molecule has 0 amide bonds. The molecule has 0 aliphatic heterocycles. The van der Waals surface area contributed by atoms with Gasteiger partial charge < -0.3 is 0 Å². The van der Waals surface area contributed by atoms with E-state index in [2.05, 4.69) is 76.4 Å². The summed E-state index contributed by atoms with van der Waals surface area (Å²) in [6, 6.07) is 6.40. The fraction of sp³-hybridized carbons (Fsp3) is 0.450. The number of hydrogen-bond acceptors (Lipinski definition) is 2. The van der Waals surface area contributed by atoms with Gasteiger partial charge >= 0.3 is 0 Å². The number of hydrogen-bond donors (Lipinski definition) is 0. The third-order valence-corrected chi connectivity index (χ3v) is 10.8. The maximum Gasteiger partial charge on any atom is 0.180 e. The summed E-state index contributed by atoms with van der Waals surface area (Å²) in [5.74, 6) is 0.283. The molecule has 232 valence electrons. The van der Waals surface area contributed by atoms with Crippen molar-refractivity contribution >= 4 is 23.2 Å². The zero-order valence-electron chi connectivity index (χ0n) is 26.6. The molecule has 2 unspecified atom stereocenters. The van der Waals surface area contributed by atoms with Crippen LogP contribution in [0.4, 0.5) is 4.39 Å². The van der Waals surface area contributed by atoms with Crippen LogP contribution in [0.3, 0.4) is 0 Å². The number of allylic oxidation sites excluding steroid dienone is 12. The van der Waals surface area contributed by atoms with E-state index in [0.717, 1.165) is 77.5 Å². The molecular weight excluding hydrogens is 567 g/mol. The van der Waals surface area contributed by atoms with Crippen LogP contribution >= 0.6 is 11.6 Å². The van der Waals surface area contributed by atoms with E-state index >= 15 is 0 Å². The highest BCUT2D eigenvalue weighted by Gasteiger charge is 2.38. The number of rotatable bonds is 7. The smallest absolute Gasteiger partial charge is 0.180 e. The number of ketones is 2. The van der Waals surface area contributed by atoms with Gasteiger partial charge in [0.15, 0.2) is 5.78 Å². The molecule has 0 N–H and O–H groups in total. The average molecular weight is 613 g/mol. The first-order valence-electron chi connectivity index (χ1n) is 16.5. The highest BCUT2D eigenvalue weighted by Crippen LogP contribution is 2.49. The van der Waals surface area contributed by atoms with Crippen LogP contribution in [-0.2, 0) is 22.4 Å². The number of alkyl halides is 1. The molecule has 0 spiro atoms. The van der Waals surface area contributed by atoms with Gasteiger partial charge in [-0.2, -0.15) is 0 Å². The second-order valence-corrected chi connectivity index (χ2v) is 13.4. The van der Waals surface area contributed by atoms with Crippen LogP contribution in [0.25, 0.3) is 0 Å². The molecule has 44 heavy (non-hydrogen) atoms. The predicted molar refractivity (Wildman–Crippen MR) is 180 cm³/mol. The van der Waals surface area contributed by atoms with Crippen molar-refractivity contribution in [2.24, 2.45) is 17.8 Å². The van der Waals surface area contributed by atoms with Crippen LogP contribution < -0.4 is 0 Å². The number of carbonyl (C=O) groups is 2. The van der Waals surface area contributed by atoms with E-state index in [1.165, 1.54) is 17.2 Å². The van der Waals surface area contributed by atoms with Crippen molar-refractivity contribution in [3.8, 4) is 0 Å². The lowest BCUT2D eigenvalue weighted by Crippen LogP contribution is -2.20. The van der Waals surface area contributed by atoms with Crippen molar-refractivity contribution in [3.05, 3.63) is 117 Å². The Morgan fingerprint density at radius 1 is 1.02 bits per heavy atom. The van der Waals surface area contributed by atoms with Gasteiger partial charge in [-0.3, -0.25) is 9.59 Å². The van der Waals surface area contributed by atoms with E-state index in [9.17, 15) is 14.0 Å². The van der Waals surface area contributed by atoms with E-state index < -0.39 is 12.1 Å². The maximum atomic E-state index is 14.4. The summed E-state index contributed by atoms with van der Waals surface area (Å²) in [6.07, 6.45) is 15.9. The Bertz CT molecular complexity index is 1480. The second-order valence-electron chi connectivity index (χ2n) is 13.0. The first kappa shape index (κ1) is 32.4. The lowest BCUT2D eigenvalue weighted by molar-refractivity contribution is -0.118. The lowest BCUT2D eigenvalue weighted by atomic mass is 9.74. The van der Waals surface area contributed by atoms with Gasteiger partial charge in [-0.25, -0.2) is 4.39 Å². The molecule has 4 aliphatic carbocycles. The molecular formula is C40H46ClFO2. The normalized spacial score (nSPS) is 28.1. The summed E-state index contributed by atoms with van der Waals surface area (Å²) in [5, 5.41) is 0.666. The summed E-state index contributed by atoms with van der Waals surface area (Å²) in [5.41, 5.74) is 9.24. The van der Waals surface area contributed by atoms with E-state index in [4.69, 9.17) is 11.6 Å². The van der Waals surface area contributed by atoms with E-state index in [1.807, 2.05) is 0 Å². The first-order valence-corrected chi connectivity index (χ1v) is 16.9. The van der Waals surface area contributed by atoms with Crippen molar-refractivity contribution in [2.45, 2.75) is 97.1 Å². The van der Waals surface area contributed by atoms with Crippen LogP contribution in [0.15, 0.2) is 100 Å². The zero-order valence-corrected chi connectivity index (χ0v) is 27.3. The van der Waals surface area contributed by atoms with Gasteiger partial charge in [0, 0.05) is 11.5 Å². The van der Waals surface area contributed by atoms with Crippen LogP contribution in [-0.4, -0.2) is 17.7 Å². The molecule has 1 aromatic carbocycles. The van der Waals surface area contributed by atoms with Crippen LogP contribution in [0.1, 0.15) is 94.7 Å². The lowest BCUT2D eigenvalue weighted by Gasteiger charge is -2.29. The molecule has 3 atom stereocenters. The van der Waals surface area contributed by atoms with Crippen LogP contribution in [0.5, 0.6) is 0 Å². The molecule has 1 fully saturated rings. The van der Waals surface area contributed by atoms with E-state index in [1.54, 1.807) is 0 Å². The fourth-order valence-corrected chi connectivity index (χ4v) is 8.29. The molecule has 4 heteroatoms. The maximum absolute atomic E-state index is 14.4. The molecule has 0 radical (unpaired) electrons. The molecule has 1 saturated carbocycles. The van der Waals surface area contributed by atoms with Gasteiger partial charge in [-0.15, -0.1) is 0 Å². The van der Waals surface area contributed by atoms with E-state index in [0.29, 0.717) is 30.7 Å². The average Bonchev–Trinajstić information content (AvgIpc) is 3.36. The van der Waals surface area contributed by atoms with Gasteiger partial charge in [-0.05, 0) is 138 Å². The van der Waals surface area contributed by atoms with Crippen LogP contribution in [0, 0.1) is 17.8 Å². The summed E-state index contributed by atoms with van der Waals surface area (Å²) >= 11 is 7.24. The van der Waals surface area contributed by atoms with E-state index in [-0.39, 0.29) is 29.3 Å². The van der Waals surface area contributed by atoms with Gasteiger partial charge in [0.2, 0.25) is 0 Å². The third kappa shape index (κ3) is 6.36. The largest absolute Gasteiger partial charge is 0.298 e. The minimum Gasteiger partial charge on any atom is -0.298 e. The summed E-state index contributed by atoms with van der Waals surface area (Å²) in [7, 11) is 0. The van der Waals surface area contributed by atoms with Crippen molar-refractivity contribution in [1.29, 1.82) is 0 Å². The third-order valence-electron chi connectivity index (χ3n) is 10.4. The molecule has 5 rings (SSSR count). The number of halogens is 2. The number of Topliss-reactive ketones (excluding diaryl/α,β-unsaturated/α-hetero) is 1. The van der Waals surface area contributed by atoms with Crippen LogP contribution in [0.2, 0.25) is 0 Å². The Morgan fingerprint density at radius 3 is 2.34 bits per heavy atom. The summed E-state index contributed by atoms with van der Waals surface area (Å²) < 4.78 is 14.1. The van der Waals surface area contributed by atoms with Crippen molar-refractivity contribution in [1.82, 2.24) is 0 Å². The molecule has 0 saturated heterocycles. The Balaban J connectivity index is 1.69. The standard InChI is InChI=1S/C40H46ClFO2/c1-6-26-10-9-11-27(7-2)39(26)40-37(44)21-20-32(31-19-16-29(36(43)8-3)13-12-24(31)4)34-23-35(41)33(22-25(5)38(34)40)28-14-17-30(42)18-15-28/h8-11,13,20,22-24,28,30-31,40H,3,5-7,12,14-19,21H2,1-2,4H3/t24-,28?,30?,31?,40?/m0/s1. The summed E-state index contributed by atoms with van der Waals surface area (Å²) in [4.78, 5) is 27.0. The molecule has 0 aromatic heterocycles. The highest BCUT2D eigenvalue weighted by molar-refractivity contribution is 6.32. The monoisotopic (exact) mass is 612 g/mol. The topological polar surface area (TPSA) is 34.1 Å². The quantitative estimate of drug-likeness (QED) is 0.287. The summed E-state index contributed by atoms with van der Waals surface area (Å²) in [6.45, 7) is 14.9. The number of aryl methyl sites for hydroxylation is 2. The Labute approximate surface area is 268 Å². The Morgan fingerprint density at radius 2 is 1.70 bits per heavy atom. The van der Waals surface area contributed by atoms with Gasteiger partial charge in [0.05, 0.1) is 5.92 Å². The molecule has 0 bridgehead atoms. The number of carbonyl (C=O) groups excluding carboxylic acids is 2. The fourth-order valence-electron chi connectivity index (χ4n) is 7.97. The molecule has 4 aliphatic rings. The predicted octanol–water partition coefficient (Wildman–Crippen LogP) is 10.4. The SMILES string of the molecule is C=CC(=O)C1=CC[C@H](C)C(C2=CCC(=O)C(c3c(CC)cccc3CC)C3=C2C=C(Cl)C(C2CCC(F)CC2)=CC3=C)CC1. The minimum absolute atomic E-state index is 0.00580. The second kappa shape index (κ2) is 13.9. The Hall–Kier alpha value is -3.04. The van der Waals surface area contributed by atoms with Gasteiger partial charge in [-0.1, -0.05) is 82.0 Å². The van der Waals surface area contributed by atoms with Crippen molar-refractivity contribution < 1.29 is 14.0 Å². The molecule has 0 heterocycles. The molecule has 1 aromatic rings. The first-order chi connectivity index (χ1) is 21.2. The highest BCUT2D eigenvalue weighted by atomic mass is 35.5. The Kier molecular flexibility index (Phi) is 10.3. The molecule has 2 nitrogen and oxygen atoms in total. The minimum atomic E-state index is -0.754. The number of benzene rings is 1. The van der Waals surface area contributed by atoms with Crippen molar-refractivity contribution in [3.63, 3.8) is 0 Å². The zero-order chi connectivity index (χ0) is 31.5. The van der Waals surface area contributed by atoms with Crippen molar-refractivity contribution in [2.75, 3.05) is 0 Å². The van der Waals surface area contributed by atoms with Gasteiger partial charge in [0.25, 0.3) is 0 Å². The van der Waals surface area contributed by atoms with Gasteiger partial charge in [0.1, 0.15) is 12.0 Å².